The van der Waals surface area contributed by atoms with Crippen LogP contribution in [0.25, 0.3) is 0 Å². The highest BCUT2D eigenvalue weighted by atomic mass is 19.1. The number of anilines is 1. The molecular weight excluding hydrogens is 295 g/mol. The van der Waals surface area contributed by atoms with Gasteiger partial charge in [0.2, 0.25) is 0 Å². The van der Waals surface area contributed by atoms with Crippen LogP contribution in [0.1, 0.15) is 37.0 Å². The highest BCUT2D eigenvalue weighted by Crippen LogP contribution is 2.17. The van der Waals surface area contributed by atoms with Crippen molar-refractivity contribution in [2.75, 3.05) is 11.9 Å². The number of carbonyl (C=O) groups is 1. The molecule has 3 N–H and O–H groups in total. The van der Waals surface area contributed by atoms with Gasteiger partial charge in [-0.2, -0.15) is 0 Å². The van der Waals surface area contributed by atoms with Crippen LogP contribution in [-0.2, 0) is 0 Å². The minimum absolute atomic E-state index is 0.0726. The third-order valence-corrected chi connectivity index (χ3v) is 3.56. The molecule has 0 bridgehead atoms. The average Bonchev–Trinajstić information content (AvgIpc) is 2.53. The zero-order chi connectivity index (χ0) is 16.8. The molecule has 0 unspecified atom stereocenters. The first-order valence-corrected chi connectivity index (χ1v) is 7.54. The van der Waals surface area contributed by atoms with Gasteiger partial charge in [0.15, 0.2) is 0 Å². The number of halogens is 1. The first-order chi connectivity index (χ1) is 11.0. The highest BCUT2D eigenvalue weighted by Gasteiger charge is 2.13. The van der Waals surface area contributed by atoms with E-state index in [1.807, 2.05) is 24.3 Å². The molecule has 23 heavy (non-hydrogen) atoms. The Kier molecular flexibility index (Phi) is 5.71. The fourth-order valence-corrected chi connectivity index (χ4v) is 2.17. The summed E-state index contributed by atoms with van der Waals surface area (Å²) in [7, 11) is 0. The van der Waals surface area contributed by atoms with Gasteiger partial charge < -0.3 is 15.7 Å². The van der Waals surface area contributed by atoms with Crippen molar-refractivity contribution in [2.24, 2.45) is 0 Å². The molecule has 4 nitrogen and oxygen atoms in total. The van der Waals surface area contributed by atoms with E-state index in [1.54, 1.807) is 12.1 Å². The van der Waals surface area contributed by atoms with E-state index in [1.165, 1.54) is 17.7 Å². The molecule has 0 saturated carbocycles. The molecule has 122 valence electrons. The Morgan fingerprint density at radius 3 is 2.39 bits per heavy atom. The lowest BCUT2D eigenvalue weighted by Gasteiger charge is -2.14. The number of amides is 2. The smallest absolute Gasteiger partial charge is 0.319 e. The first kappa shape index (κ1) is 17.0. The molecular formula is C18H21FN2O2. The molecule has 1 atom stereocenters. The van der Waals surface area contributed by atoms with Crippen LogP contribution in [0.3, 0.4) is 0 Å². The van der Waals surface area contributed by atoms with E-state index in [9.17, 15) is 14.3 Å². The molecule has 0 aromatic heterocycles. The summed E-state index contributed by atoms with van der Waals surface area (Å²) in [6.45, 7) is 4.12. The zero-order valence-corrected chi connectivity index (χ0v) is 13.2. The van der Waals surface area contributed by atoms with E-state index in [4.69, 9.17) is 0 Å². The number of hydrogen-bond acceptors (Lipinski definition) is 2. The second-order valence-corrected chi connectivity index (χ2v) is 5.65. The number of hydrogen-bond donors (Lipinski definition) is 3. The molecule has 0 saturated heterocycles. The van der Waals surface area contributed by atoms with E-state index in [-0.39, 0.29) is 12.1 Å². The summed E-state index contributed by atoms with van der Waals surface area (Å²) in [6, 6.07) is 13.1. The van der Waals surface area contributed by atoms with Crippen molar-refractivity contribution >= 4 is 11.7 Å². The molecule has 5 heteroatoms. The van der Waals surface area contributed by atoms with E-state index >= 15 is 0 Å². The Bertz CT molecular complexity index is 656. The van der Waals surface area contributed by atoms with Gasteiger partial charge in [-0.3, -0.25) is 0 Å². The van der Waals surface area contributed by atoms with Crippen molar-refractivity contribution in [1.29, 1.82) is 0 Å². The Morgan fingerprint density at radius 2 is 1.78 bits per heavy atom. The summed E-state index contributed by atoms with van der Waals surface area (Å²) in [5.74, 6) is -0.0692. The maximum absolute atomic E-state index is 13.5. The van der Waals surface area contributed by atoms with Gasteiger partial charge in [0.05, 0.1) is 6.10 Å². The molecule has 0 aliphatic carbocycles. The maximum atomic E-state index is 13.5. The number of nitrogens with one attached hydrogen (secondary N) is 2. The van der Waals surface area contributed by atoms with Crippen molar-refractivity contribution in [3.8, 4) is 0 Å². The van der Waals surface area contributed by atoms with Crippen molar-refractivity contribution in [2.45, 2.75) is 25.9 Å². The summed E-state index contributed by atoms with van der Waals surface area (Å²) in [6.07, 6.45) is -1.09. The minimum Gasteiger partial charge on any atom is -0.386 e. The van der Waals surface area contributed by atoms with E-state index in [2.05, 4.69) is 24.5 Å². The summed E-state index contributed by atoms with van der Waals surface area (Å²) in [4.78, 5) is 11.8. The van der Waals surface area contributed by atoms with Crippen LogP contribution in [0.15, 0.2) is 48.5 Å². The second kappa shape index (κ2) is 7.74. The molecule has 2 aromatic carbocycles. The number of benzene rings is 2. The topological polar surface area (TPSA) is 61.4 Å². The Balaban J connectivity index is 1.86. The van der Waals surface area contributed by atoms with Crippen molar-refractivity contribution in [3.05, 3.63) is 65.5 Å². The fraction of sp³-hybridized carbons (Fsp3) is 0.278. The quantitative estimate of drug-likeness (QED) is 0.785. The van der Waals surface area contributed by atoms with E-state index in [0.717, 1.165) is 0 Å². The molecule has 0 heterocycles. The van der Waals surface area contributed by atoms with Gasteiger partial charge in [-0.25, -0.2) is 9.18 Å². The summed E-state index contributed by atoms with van der Waals surface area (Å²) in [5, 5.41) is 15.1. The molecule has 0 aliphatic heterocycles. The largest absolute Gasteiger partial charge is 0.386 e. The number of aliphatic hydroxyl groups excluding tert-OH is 1. The lowest BCUT2D eigenvalue weighted by atomic mass is 10.0. The second-order valence-electron chi connectivity index (χ2n) is 5.65. The molecule has 2 aromatic rings. The van der Waals surface area contributed by atoms with E-state index < -0.39 is 18.0 Å². The number of rotatable bonds is 5. The van der Waals surface area contributed by atoms with Crippen LogP contribution in [0, 0.1) is 5.82 Å². The average molecular weight is 316 g/mol. The zero-order valence-electron chi connectivity index (χ0n) is 13.2. The molecule has 2 amide bonds. The van der Waals surface area contributed by atoms with E-state index in [0.29, 0.717) is 11.6 Å². The standard InChI is InChI=1S/C18H21FN2O2/c1-12(2)13-7-9-14(10-8-13)21-18(23)20-11-17(22)15-5-3-4-6-16(15)19/h3-10,12,17,22H,11H2,1-2H3,(H2,20,21,23)/t17-/m1/s1. The minimum atomic E-state index is -1.09. The van der Waals surface area contributed by atoms with Gasteiger partial charge in [-0.1, -0.05) is 44.2 Å². The molecule has 2 rings (SSSR count). The highest BCUT2D eigenvalue weighted by molar-refractivity contribution is 5.89. The van der Waals surface area contributed by atoms with Gasteiger partial charge in [0, 0.05) is 17.8 Å². The van der Waals surface area contributed by atoms with Crippen LogP contribution in [0.2, 0.25) is 0 Å². The third-order valence-electron chi connectivity index (χ3n) is 3.56. The van der Waals surface area contributed by atoms with Gasteiger partial charge in [-0.05, 0) is 29.7 Å². The fourth-order valence-electron chi connectivity index (χ4n) is 2.17. The van der Waals surface area contributed by atoms with Crippen molar-refractivity contribution < 1.29 is 14.3 Å². The first-order valence-electron chi connectivity index (χ1n) is 7.54. The molecule has 0 spiro atoms. The van der Waals surface area contributed by atoms with Crippen LogP contribution >= 0.6 is 0 Å². The Morgan fingerprint density at radius 1 is 1.13 bits per heavy atom. The van der Waals surface area contributed by atoms with Gasteiger partial charge in [0.25, 0.3) is 0 Å². The van der Waals surface area contributed by atoms with Crippen molar-refractivity contribution in [3.63, 3.8) is 0 Å². The van der Waals surface area contributed by atoms with Crippen molar-refractivity contribution in [1.82, 2.24) is 5.32 Å². The van der Waals surface area contributed by atoms with Crippen LogP contribution in [0.4, 0.5) is 14.9 Å². The summed E-state index contributed by atoms with van der Waals surface area (Å²) < 4.78 is 13.5. The van der Waals surface area contributed by atoms with Gasteiger partial charge in [0.1, 0.15) is 5.82 Å². The van der Waals surface area contributed by atoms with Gasteiger partial charge in [-0.15, -0.1) is 0 Å². The van der Waals surface area contributed by atoms with Crippen LogP contribution in [-0.4, -0.2) is 17.7 Å². The van der Waals surface area contributed by atoms with Crippen LogP contribution < -0.4 is 10.6 Å². The maximum Gasteiger partial charge on any atom is 0.319 e. The monoisotopic (exact) mass is 316 g/mol. The number of aliphatic hydroxyl groups is 1. The Labute approximate surface area is 135 Å². The lowest BCUT2D eigenvalue weighted by Crippen LogP contribution is -2.32. The Hall–Kier alpha value is -2.40. The third kappa shape index (κ3) is 4.79. The summed E-state index contributed by atoms with van der Waals surface area (Å²) >= 11 is 0. The molecule has 0 radical (unpaired) electrons. The van der Waals surface area contributed by atoms with Crippen LogP contribution in [0.5, 0.6) is 0 Å². The summed E-state index contributed by atoms with van der Waals surface area (Å²) in [5.41, 5.74) is 2.01. The predicted octanol–water partition coefficient (Wildman–Crippen LogP) is 3.80. The van der Waals surface area contributed by atoms with Gasteiger partial charge >= 0.3 is 6.03 Å². The molecule has 0 fully saturated rings. The number of urea groups is 1. The normalized spacial score (nSPS) is 12.0. The SMILES string of the molecule is CC(C)c1ccc(NC(=O)NC[C@@H](O)c2ccccc2F)cc1. The molecule has 0 aliphatic rings. The number of carbonyl (C=O) groups excluding carboxylic acids is 1. The lowest BCUT2D eigenvalue weighted by molar-refractivity contribution is 0.170. The predicted molar refractivity (Wildman–Crippen MR) is 88.9 cm³/mol.